The van der Waals surface area contributed by atoms with Gasteiger partial charge in [-0.25, -0.2) is 4.79 Å². The third-order valence-corrected chi connectivity index (χ3v) is 7.07. The molecule has 0 bridgehead atoms. The fraction of sp³-hybridized carbons (Fsp3) is 0.522. The zero-order valence-electron chi connectivity index (χ0n) is 18.0. The second-order valence-electron chi connectivity index (χ2n) is 8.09. The van der Waals surface area contributed by atoms with E-state index in [1.807, 2.05) is 12.1 Å². The van der Waals surface area contributed by atoms with E-state index in [4.69, 9.17) is 25.8 Å². The highest BCUT2D eigenvalue weighted by Crippen LogP contribution is 2.47. The monoisotopic (exact) mass is 432 g/mol. The number of benzene rings is 1. The largest absolute Gasteiger partial charge is 0.504 e. The summed E-state index contributed by atoms with van der Waals surface area (Å²) in [5, 5.41) is 1.77. The molecule has 2 aliphatic rings. The Bertz CT molecular complexity index is 983. The normalized spacial score (nSPS) is 24.3. The molecule has 162 valence electrons. The van der Waals surface area contributed by atoms with Gasteiger partial charge in [0.25, 0.3) is 0 Å². The molecule has 1 aromatic carbocycles. The molecule has 1 N–H and O–H groups in total. The van der Waals surface area contributed by atoms with Gasteiger partial charge in [-0.2, -0.15) is 0 Å². The number of aromatic nitrogens is 1. The quantitative estimate of drug-likeness (QED) is 0.428. The zero-order chi connectivity index (χ0) is 21.4. The number of halogens is 1. The number of aromatic amines is 1. The molecular weight excluding hydrogens is 404 g/mol. The predicted molar refractivity (Wildman–Crippen MR) is 117 cm³/mol. The van der Waals surface area contributed by atoms with Crippen LogP contribution in [0.4, 0.5) is 0 Å². The number of fused-ring (bicyclic) bond motifs is 5. The molecule has 1 aromatic heterocycles. The lowest BCUT2D eigenvalue weighted by Gasteiger charge is -2.46. The van der Waals surface area contributed by atoms with Gasteiger partial charge in [0.05, 0.1) is 49.7 Å². The first kappa shape index (κ1) is 21.1. The number of hydrogen-bond acceptors (Lipinski definition) is 5. The highest BCUT2D eigenvalue weighted by Gasteiger charge is 2.42. The Balaban J connectivity index is 1.79. The van der Waals surface area contributed by atoms with E-state index in [-0.39, 0.29) is 17.9 Å². The third kappa shape index (κ3) is 3.36. The lowest BCUT2D eigenvalue weighted by Crippen LogP contribution is -2.47. The first-order chi connectivity index (χ1) is 14.5. The molecule has 30 heavy (non-hydrogen) atoms. The van der Waals surface area contributed by atoms with Gasteiger partial charge >= 0.3 is 5.97 Å². The summed E-state index contributed by atoms with van der Waals surface area (Å²) in [4.78, 5) is 18.6. The van der Waals surface area contributed by atoms with Gasteiger partial charge in [0.15, 0.2) is 0 Å². The summed E-state index contributed by atoms with van der Waals surface area (Å²) >= 11 is 6.52. The zero-order valence-corrected chi connectivity index (χ0v) is 18.7. The van der Waals surface area contributed by atoms with Crippen LogP contribution in [0.5, 0.6) is 5.75 Å². The summed E-state index contributed by atoms with van der Waals surface area (Å²) < 4.78 is 16.0. The van der Waals surface area contributed by atoms with Gasteiger partial charge in [-0.1, -0.05) is 24.9 Å². The second-order valence-corrected chi connectivity index (χ2v) is 8.50. The summed E-state index contributed by atoms with van der Waals surface area (Å²) in [6.45, 7) is 4.09. The van der Waals surface area contributed by atoms with Crippen molar-refractivity contribution in [3.05, 3.63) is 40.2 Å². The number of hydrogen-bond donors (Lipinski definition) is 1. The van der Waals surface area contributed by atoms with Gasteiger partial charge in [0.2, 0.25) is 0 Å². The third-order valence-electron chi connectivity index (χ3n) is 6.75. The standard InChI is InChI=1S/C23H29ClN2O4/c1-5-13-11-26-9-8-14-20-19(29-3)7-6-17(24)22(20)25-21(14)18(26)10-15(13)16(12-28-2)23(27)30-4/h6-7,12-13,15,18,25H,5,8-11H2,1-4H3/b16-12+/t13-,15+,18+/m1/s1. The number of rotatable bonds is 5. The minimum Gasteiger partial charge on any atom is -0.504 e. The molecule has 0 radical (unpaired) electrons. The number of carbonyl (C=O) groups is 1. The van der Waals surface area contributed by atoms with E-state index in [0.717, 1.165) is 49.0 Å². The van der Waals surface area contributed by atoms with Crippen LogP contribution in [0.1, 0.15) is 37.1 Å². The summed E-state index contributed by atoms with van der Waals surface area (Å²) in [6.07, 6.45) is 4.32. The van der Waals surface area contributed by atoms with E-state index in [9.17, 15) is 4.79 Å². The van der Waals surface area contributed by atoms with E-state index >= 15 is 0 Å². The number of methoxy groups -OCH3 is 3. The summed E-state index contributed by atoms with van der Waals surface area (Å²) in [7, 11) is 4.69. The van der Waals surface area contributed by atoms with Gasteiger partial charge in [-0.15, -0.1) is 0 Å². The lowest BCUT2D eigenvalue weighted by molar-refractivity contribution is -0.137. The fourth-order valence-corrected chi connectivity index (χ4v) is 5.51. The molecule has 0 amide bonds. The Morgan fingerprint density at radius 1 is 1.33 bits per heavy atom. The Labute approximate surface area is 182 Å². The van der Waals surface area contributed by atoms with Crippen LogP contribution >= 0.6 is 11.6 Å². The van der Waals surface area contributed by atoms with Crippen molar-refractivity contribution in [3.63, 3.8) is 0 Å². The molecule has 0 aliphatic carbocycles. The van der Waals surface area contributed by atoms with Crippen LogP contribution in [0.25, 0.3) is 10.9 Å². The summed E-state index contributed by atoms with van der Waals surface area (Å²) in [5.41, 5.74) is 4.00. The molecule has 3 atom stereocenters. The molecule has 1 fully saturated rings. The van der Waals surface area contributed by atoms with E-state index < -0.39 is 0 Å². The minimum atomic E-state index is -0.314. The molecule has 2 aliphatic heterocycles. The maximum Gasteiger partial charge on any atom is 0.337 e. The maximum absolute atomic E-state index is 12.5. The van der Waals surface area contributed by atoms with Crippen molar-refractivity contribution >= 4 is 28.5 Å². The highest BCUT2D eigenvalue weighted by atomic mass is 35.5. The first-order valence-electron chi connectivity index (χ1n) is 10.5. The number of esters is 1. The van der Waals surface area contributed by atoms with Crippen LogP contribution in [0, 0.1) is 11.8 Å². The molecule has 0 unspecified atom stereocenters. The molecule has 7 heteroatoms. The topological polar surface area (TPSA) is 63.8 Å². The van der Waals surface area contributed by atoms with Crippen molar-refractivity contribution in [2.24, 2.45) is 11.8 Å². The second kappa shape index (κ2) is 8.52. The van der Waals surface area contributed by atoms with Gasteiger partial charge < -0.3 is 19.2 Å². The molecule has 3 heterocycles. The maximum atomic E-state index is 12.5. The van der Waals surface area contributed by atoms with E-state index in [0.29, 0.717) is 16.5 Å². The molecule has 4 rings (SSSR count). The molecule has 6 nitrogen and oxygen atoms in total. The molecule has 1 saturated heterocycles. The Hall–Kier alpha value is -2.18. The average molecular weight is 433 g/mol. The van der Waals surface area contributed by atoms with Crippen LogP contribution in [-0.4, -0.2) is 50.3 Å². The average Bonchev–Trinajstić information content (AvgIpc) is 3.17. The lowest BCUT2D eigenvalue weighted by atomic mass is 9.74. The molecule has 2 aromatic rings. The van der Waals surface area contributed by atoms with Gasteiger partial charge in [0.1, 0.15) is 5.75 Å². The van der Waals surface area contributed by atoms with Crippen LogP contribution in [-0.2, 0) is 20.7 Å². The summed E-state index contributed by atoms with van der Waals surface area (Å²) in [5.74, 6) is 0.962. The minimum absolute atomic E-state index is 0.0679. The molecule has 0 spiro atoms. The van der Waals surface area contributed by atoms with Crippen molar-refractivity contribution in [3.8, 4) is 5.75 Å². The van der Waals surface area contributed by atoms with E-state index in [1.165, 1.54) is 18.4 Å². The number of ether oxygens (including phenoxy) is 3. The van der Waals surface area contributed by atoms with Gasteiger partial charge in [-0.3, -0.25) is 4.90 Å². The smallest absolute Gasteiger partial charge is 0.337 e. The summed E-state index contributed by atoms with van der Waals surface area (Å²) in [6, 6.07) is 3.98. The van der Waals surface area contributed by atoms with Crippen molar-refractivity contribution in [2.75, 3.05) is 34.4 Å². The van der Waals surface area contributed by atoms with Crippen molar-refractivity contribution in [1.82, 2.24) is 9.88 Å². The molecule has 0 saturated carbocycles. The number of piperidine rings is 1. The highest BCUT2D eigenvalue weighted by molar-refractivity contribution is 6.35. The van der Waals surface area contributed by atoms with Crippen molar-refractivity contribution in [2.45, 2.75) is 32.2 Å². The predicted octanol–water partition coefficient (Wildman–Crippen LogP) is 4.48. The SMILES string of the molecule is CC[C@@H]1CN2CCc3c([nH]c4c(Cl)ccc(OC)c34)[C@@H]2C[C@@H]1/C(=C\OC)C(=O)OC. The Kier molecular flexibility index (Phi) is 5.98. The first-order valence-corrected chi connectivity index (χ1v) is 10.8. The van der Waals surface area contributed by atoms with Crippen molar-refractivity contribution in [1.29, 1.82) is 0 Å². The Morgan fingerprint density at radius 3 is 2.80 bits per heavy atom. The number of nitrogens with one attached hydrogen (secondary N) is 1. The number of nitrogens with zero attached hydrogens (tertiary/aromatic N) is 1. The van der Waals surface area contributed by atoms with Crippen LogP contribution in [0.15, 0.2) is 24.0 Å². The van der Waals surface area contributed by atoms with Crippen LogP contribution < -0.4 is 4.74 Å². The van der Waals surface area contributed by atoms with Gasteiger partial charge in [-0.05, 0) is 42.4 Å². The number of carbonyl (C=O) groups excluding carboxylic acids is 1. The Morgan fingerprint density at radius 2 is 2.13 bits per heavy atom. The number of H-pyrrole nitrogens is 1. The van der Waals surface area contributed by atoms with Crippen LogP contribution in [0.3, 0.4) is 0 Å². The molecular formula is C23H29ClN2O4. The van der Waals surface area contributed by atoms with Gasteiger partial charge in [0, 0.05) is 24.2 Å². The van der Waals surface area contributed by atoms with Crippen LogP contribution in [0.2, 0.25) is 5.02 Å². The fourth-order valence-electron chi connectivity index (χ4n) is 5.31. The van der Waals surface area contributed by atoms with E-state index in [1.54, 1.807) is 20.5 Å². The van der Waals surface area contributed by atoms with E-state index in [2.05, 4.69) is 16.8 Å². The van der Waals surface area contributed by atoms with Crippen molar-refractivity contribution < 1.29 is 19.0 Å².